The molecule has 33 heavy (non-hydrogen) atoms. The normalized spacial score (nSPS) is 20.2. The molecule has 2 fully saturated rings. The molecule has 2 heterocycles. The van der Waals surface area contributed by atoms with Crippen LogP contribution in [-0.2, 0) is 11.3 Å². The highest BCUT2D eigenvalue weighted by Gasteiger charge is 2.30. The van der Waals surface area contributed by atoms with E-state index >= 15 is 0 Å². The maximum Gasteiger partial charge on any atom is 0.446 e. The molecule has 0 bridgehead atoms. The Balaban J connectivity index is 1.35. The van der Waals surface area contributed by atoms with Crippen LogP contribution in [-0.4, -0.2) is 40.6 Å². The van der Waals surface area contributed by atoms with Crippen LogP contribution in [0.2, 0.25) is 0 Å². The molecule has 2 aliphatic rings. The van der Waals surface area contributed by atoms with Gasteiger partial charge in [-0.05, 0) is 73.5 Å². The van der Waals surface area contributed by atoms with E-state index in [0.717, 1.165) is 43.5 Å². The van der Waals surface area contributed by atoms with Gasteiger partial charge >= 0.3 is 5.51 Å². The van der Waals surface area contributed by atoms with Gasteiger partial charge in [-0.25, -0.2) is 4.98 Å². The molecule has 2 aromatic rings. The number of alkyl halides is 3. The minimum atomic E-state index is -4.28. The zero-order chi connectivity index (χ0) is 23.4. The van der Waals surface area contributed by atoms with Crippen molar-refractivity contribution in [3.8, 4) is 0 Å². The summed E-state index contributed by atoms with van der Waals surface area (Å²) in [5.74, 6) is 0.731. The maximum atomic E-state index is 12.6. The average Bonchev–Trinajstić information content (AvgIpc) is 3.14. The highest BCUT2D eigenvalue weighted by Crippen LogP contribution is 2.37. The van der Waals surface area contributed by atoms with Gasteiger partial charge in [0.2, 0.25) is 5.91 Å². The van der Waals surface area contributed by atoms with Crippen molar-refractivity contribution in [2.24, 2.45) is 5.92 Å². The van der Waals surface area contributed by atoms with E-state index in [1.807, 2.05) is 12.1 Å². The molecule has 0 radical (unpaired) electrons. The standard InChI is InChI=1S/C24H29F3N4OS/c1-17-14-31(20-7-9-21(10-8-20)33-24(25,26)27)16-30(17)15-18-11-12-28-22(13-18)29-23(32)19-5-3-2-4-6-19/h7-13,17,19H,2-6,14-16H2,1H3,(H,28,29,32). The van der Waals surface area contributed by atoms with Gasteiger partial charge in [0.05, 0.1) is 6.67 Å². The molecule has 1 amide bonds. The molecule has 1 aliphatic heterocycles. The first-order chi connectivity index (χ1) is 15.8. The van der Waals surface area contributed by atoms with Crippen LogP contribution in [0.5, 0.6) is 0 Å². The van der Waals surface area contributed by atoms with Crippen LogP contribution in [0.4, 0.5) is 24.7 Å². The summed E-state index contributed by atoms with van der Waals surface area (Å²) in [6, 6.07) is 10.7. The molecule has 4 rings (SSSR count). The van der Waals surface area contributed by atoms with Gasteiger partial charge in [-0.2, -0.15) is 13.2 Å². The molecule has 1 saturated carbocycles. The third kappa shape index (κ3) is 6.63. The predicted molar refractivity (Wildman–Crippen MR) is 125 cm³/mol. The Morgan fingerprint density at radius 2 is 1.88 bits per heavy atom. The fraction of sp³-hybridized carbons (Fsp3) is 0.500. The van der Waals surface area contributed by atoms with E-state index in [4.69, 9.17) is 0 Å². The van der Waals surface area contributed by atoms with Crippen LogP contribution in [0.3, 0.4) is 0 Å². The maximum absolute atomic E-state index is 12.6. The number of rotatable bonds is 6. The van der Waals surface area contributed by atoms with E-state index in [2.05, 4.69) is 27.0 Å². The van der Waals surface area contributed by atoms with Gasteiger partial charge in [0.25, 0.3) is 0 Å². The van der Waals surface area contributed by atoms with Crippen molar-refractivity contribution in [1.82, 2.24) is 9.88 Å². The van der Waals surface area contributed by atoms with Crippen molar-refractivity contribution in [1.29, 1.82) is 0 Å². The minimum Gasteiger partial charge on any atom is -0.357 e. The fourth-order valence-electron chi connectivity index (χ4n) is 4.57. The van der Waals surface area contributed by atoms with E-state index < -0.39 is 5.51 Å². The summed E-state index contributed by atoms with van der Waals surface area (Å²) < 4.78 is 37.7. The van der Waals surface area contributed by atoms with E-state index in [1.165, 1.54) is 18.6 Å². The van der Waals surface area contributed by atoms with Crippen LogP contribution in [0.25, 0.3) is 0 Å². The molecular formula is C24H29F3N4OS. The van der Waals surface area contributed by atoms with Gasteiger partial charge in [-0.1, -0.05) is 19.3 Å². The lowest BCUT2D eigenvalue weighted by atomic mass is 9.89. The van der Waals surface area contributed by atoms with Crippen LogP contribution in [0.1, 0.15) is 44.6 Å². The van der Waals surface area contributed by atoms with E-state index in [-0.39, 0.29) is 34.5 Å². The molecule has 1 saturated heterocycles. The first-order valence-electron chi connectivity index (χ1n) is 11.4. The topological polar surface area (TPSA) is 48.5 Å². The predicted octanol–water partition coefficient (Wildman–Crippen LogP) is 5.88. The zero-order valence-electron chi connectivity index (χ0n) is 18.6. The summed E-state index contributed by atoms with van der Waals surface area (Å²) in [6.45, 7) is 4.32. The quantitative estimate of drug-likeness (QED) is 0.526. The molecule has 5 nitrogen and oxygen atoms in total. The fourth-order valence-corrected chi connectivity index (χ4v) is 5.11. The summed E-state index contributed by atoms with van der Waals surface area (Å²) in [5, 5.41) is 2.98. The van der Waals surface area contributed by atoms with Crippen molar-refractivity contribution >= 4 is 29.2 Å². The summed E-state index contributed by atoms with van der Waals surface area (Å²) in [4.78, 5) is 21.5. The number of halogens is 3. The summed E-state index contributed by atoms with van der Waals surface area (Å²) >= 11 is -0.0956. The van der Waals surface area contributed by atoms with Crippen LogP contribution in [0.15, 0.2) is 47.5 Å². The van der Waals surface area contributed by atoms with Crippen LogP contribution in [0, 0.1) is 5.92 Å². The number of aromatic nitrogens is 1. The second kappa shape index (κ2) is 10.3. The van der Waals surface area contributed by atoms with Crippen molar-refractivity contribution < 1.29 is 18.0 Å². The van der Waals surface area contributed by atoms with Gasteiger partial charge in [0.1, 0.15) is 5.82 Å². The number of amides is 1. The molecule has 9 heteroatoms. The molecule has 1 N–H and O–H groups in total. The average molecular weight is 479 g/mol. The van der Waals surface area contributed by atoms with Crippen molar-refractivity contribution in [2.45, 2.75) is 62.0 Å². The lowest BCUT2D eigenvalue weighted by Gasteiger charge is -2.22. The third-order valence-electron chi connectivity index (χ3n) is 6.33. The highest BCUT2D eigenvalue weighted by atomic mass is 32.2. The number of anilines is 2. The molecule has 1 aromatic heterocycles. The minimum absolute atomic E-state index is 0.0622. The number of nitrogens with one attached hydrogen (secondary N) is 1. The van der Waals surface area contributed by atoms with Gasteiger partial charge in [-0.3, -0.25) is 9.69 Å². The highest BCUT2D eigenvalue weighted by molar-refractivity contribution is 8.00. The van der Waals surface area contributed by atoms with Crippen molar-refractivity contribution in [3.63, 3.8) is 0 Å². The SMILES string of the molecule is CC1CN(c2ccc(SC(F)(F)F)cc2)CN1Cc1ccnc(NC(=O)C2CCCCC2)c1. The molecule has 1 aromatic carbocycles. The van der Waals surface area contributed by atoms with Crippen LogP contribution < -0.4 is 10.2 Å². The van der Waals surface area contributed by atoms with E-state index in [1.54, 1.807) is 18.3 Å². The molecule has 1 aliphatic carbocycles. The second-order valence-electron chi connectivity index (χ2n) is 8.87. The smallest absolute Gasteiger partial charge is 0.357 e. The lowest BCUT2D eigenvalue weighted by Crippen LogP contribution is -2.28. The first kappa shape index (κ1) is 23.9. The molecule has 1 atom stereocenters. The Hall–Kier alpha value is -2.26. The van der Waals surface area contributed by atoms with Crippen LogP contribution >= 0.6 is 11.8 Å². The first-order valence-corrected chi connectivity index (χ1v) is 12.2. The Kier molecular flexibility index (Phi) is 7.48. The van der Waals surface area contributed by atoms with E-state index in [9.17, 15) is 18.0 Å². The third-order valence-corrected chi connectivity index (χ3v) is 7.07. The number of benzene rings is 1. The zero-order valence-corrected chi connectivity index (χ0v) is 19.5. The molecule has 178 valence electrons. The summed E-state index contributed by atoms with van der Waals surface area (Å²) in [7, 11) is 0. The molecular weight excluding hydrogens is 449 g/mol. The van der Waals surface area contributed by atoms with E-state index in [0.29, 0.717) is 19.0 Å². The Morgan fingerprint density at radius 3 is 2.58 bits per heavy atom. The Labute approximate surface area is 196 Å². The number of hydrogen-bond donors (Lipinski definition) is 1. The van der Waals surface area contributed by atoms with Gasteiger partial charge in [-0.15, -0.1) is 0 Å². The number of pyridine rings is 1. The second-order valence-corrected chi connectivity index (χ2v) is 10.0. The summed E-state index contributed by atoms with van der Waals surface area (Å²) in [5.41, 5.74) is -2.31. The van der Waals surface area contributed by atoms with Gasteiger partial charge < -0.3 is 10.2 Å². The lowest BCUT2D eigenvalue weighted by molar-refractivity contribution is -0.120. The van der Waals surface area contributed by atoms with Crippen molar-refractivity contribution in [3.05, 3.63) is 48.2 Å². The molecule has 0 spiro atoms. The Morgan fingerprint density at radius 1 is 1.15 bits per heavy atom. The molecule has 1 unspecified atom stereocenters. The van der Waals surface area contributed by atoms with Gasteiger partial charge in [0, 0.05) is 41.8 Å². The Bertz CT molecular complexity index is 947. The summed E-state index contributed by atoms with van der Waals surface area (Å²) in [6.07, 6.45) is 7.04. The van der Waals surface area contributed by atoms with Gasteiger partial charge in [0.15, 0.2) is 0 Å². The van der Waals surface area contributed by atoms with Crippen molar-refractivity contribution in [2.75, 3.05) is 23.4 Å². The largest absolute Gasteiger partial charge is 0.446 e. The number of thioether (sulfide) groups is 1. The number of carbonyl (C=O) groups is 1. The number of nitrogens with zero attached hydrogens (tertiary/aromatic N) is 3. The monoisotopic (exact) mass is 478 g/mol. The number of carbonyl (C=O) groups excluding carboxylic acids is 1. The number of hydrogen-bond acceptors (Lipinski definition) is 5.